The molecule has 0 saturated heterocycles. The molecule has 0 heterocycles. The topological polar surface area (TPSA) is 67.4 Å². The Morgan fingerprint density at radius 3 is 2.40 bits per heavy atom. The number of nitrogens with one attached hydrogen (secondary N) is 2. The van der Waals surface area contributed by atoms with Gasteiger partial charge in [-0.1, -0.05) is 44.2 Å². The van der Waals surface area contributed by atoms with Gasteiger partial charge in [0.25, 0.3) is 11.8 Å². The van der Waals surface area contributed by atoms with Crippen molar-refractivity contribution < 1.29 is 14.3 Å². The van der Waals surface area contributed by atoms with Crippen LogP contribution in [0.25, 0.3) is 0 Å². The second-order valence-corrected chi connectivity index (χ2v) is 6.14. The molecule has 0 fully saturated rings. The van der Waals surface area contributed by atoms with Crippen LogP contribution in [0.3, 0.4) is 0 Å². The van der Waals surface area contributed by atoms with Crippen molar-refractivity contribution in [2.45, 2.75) is 20.3 Å². The number of hydrogen-bond acceptors (Lipinski definition) is 3. The number of carbonyl (C=O) groups is 2. The Morgan fingerprint density at radius 2 is 1.68 bits per heavy atom. The maximum absolute atomic E-state index is 12.4. The van der Waals surface area contributed by atoms with Gasteiger partial charge in [0.1, 0.15) is 5.75 Å². The molecule has 0 spiro atoms. The molecule has 0 radical (unpaired) electrons. The van der Waals surface area contributed by atoms with Crippen LogP contribution in [0.1, 0.15) is 30.6 Å². The molecule has 2 aromatic rings. The number of ether oxygens (including phenoxy) is 1. The van der Waals surface area contributed by atoms with Gasteiger partial charge in [0.05, 0.1) is 5.56 Å². The molecule has 0 unspecified atom stereocenters. The lowest BCUT2D eigenvalue weighted by Gasteiger charge is -2.12. The summed E-state index contributed by atoms with van der Waals surface area (Å²) >= 11 is 0. The van der Waals surface area contributed by atoms with Crippen molar-refractivity contribution in [3.05, 3.63) is 60.2 Å². The zero-order valence-electron chi connectivity index (χ0n) is 14.6. The molecule has 2 rings (SSSR count). The van der Waals surface area contributed by atoms with E-state index < -0.39 is 0 Å². The smallest absolute Gasteiger partial charge is 0.259 e. The van der Waals surface area contributed by atoms with E-state index in [1.54, 1.807) is 24.3 Å². The fourth-order valence-corrected chi connectivity index (χ4v) is 2.19. The van der Waals surface area contributed by atoms with Crippen LogP contribution in [-0.4, -0.2) is 25.0 Å². The van der Waals surface area contributed by atoms with Gasteiger partial charge < -0.3 is 15.4 Å². The Labute approximate surface area is 148 Å². The van der Waals surface area contributed by atoms with Gasteiger partial charge in [0, 0.05) is 12.2 Å². The summed E-state index contributed by atoms with van der Waals surface area (Å²) < 4.78 is 5.54. The highest BCUT2D eigenvalue weighted by Crippen LogP contribution is 2.19. The first kappa shape index (κ1) is 18.5. The molecule has 0 saturated carbocycles. The Bertz CT molecular complexity index is 699. The van der Waals surface area contributed by atoms with Crippen LogP contribution >= 0.6 is 0 Å². The standard InChI is InChI=1S/C20H24N2O3/c1-15(2)12-13-21-19(23)14-25-18-11-7-6-10-17(18)20(24)22-16-8-4-3-5-9-16/h3-11,15H,12-14H2,1-2H3,(H,21,23)(H,22,24). The molecule has 2 amide bonds. The molecule has 2 aromatic carbocycles. The number of benzene rings is 2. The second-order valence-electron chi connectivity index (χ2n) is 6.14. The van der Waals surface area contributed by atoms with Crippen LogP contribution in [-0.2, 0) is 4.79 Å². The Hall–Kier alpha value is -2.82. The van der Waals surface area contributed by atoms with Crippen LogP contribution in [0.4, 0.5) is 5.69 Å². The Morgan fingerprint density at radius 1 is 1.00 bits per heavy atom. The number of anilines is 1. The maximum Gasteiger partial charge on any atom is 0.259 e. The summed E-state index contributed by atoms with van der Waals surface area (Å²) in [5, 5.41) is 5.62. The number of amides is 2. The van der Waals surface area contributed by atoms with E-state index >= 15 is 0 Å². The highest BCUT2D eigenvalue weighted by molar-refractivity contribution is 6.06. The number of carbonyl (C=O) groups excluding carboxylic acids is 2. The SMILES string of the molecule is CC(C)CCNC(=O)COc1ccccc1C(=O)Nc1ccccc1. The zero-order chi connectivity index (χ0) is 18.1. The fraction of sp³-hybridized carbons (Fsp3) is 0.300. The summed E-state index contributed by atoms with van der Waals surface area (Å²) in [6.45, 7) is 4.71. The average Bonchev–Trinajstić information content (AvgIpc) is 2.60. The van der Waals surface area contributed by atoms with Crippen molar-refractivity contribution >= 4 is 17.5 Å². The normalized spacial score (nSPS) is 10.4. The lowest BCUT2D eigenvalue weighted by molar-refractivity contribution is -0.123. The third-order valence-electron chi connectivity index (χ3n) is 3.57. The van der Waals surface area contributed by atoms with Gasteiger partial charge in [0.15, 0.2) is 6.61 Å². The molecule has 0 aliphatic rings. The molecule has 5 nitrogen and oxygen atoms in total. The predicted octanol–water partition coefficient (Wildman–Crippen LogP) is 3.48. The minimum atomic E-state index is -0.276. The summed E-state index contributed by atoms with van der Waals surface area (Å²) in [7, 11) is 0. The molecule has 0 atom stereocenters. The number of para-hydroxylation sites is 2. The lowest BCUT2D eigenvalue weighted by Crippen LogP contribution is -2.30. The van der Waals surface area contributed by atoms with Crippen molar-refractivity contribution in [3.8, 4) is 5.75 Å². The molecule has 2 N–H and O–H groups in total. The third kappa shape index (κ3) is 6.30. The van der Waals surface area contributed by atoms with Crippen molar-refractivity contribution in [1.29, 1.82) is 0 Å². The molecular formula is C20H24N2O3. The van der Waals surface area contributed by atoms with Gasteiger partial charge >= 0.3 is 0 Å². The summed E-state index contributed by atoms with van der Waals surface area (Å²) in [6.07, 6.45) is 0.918. The fourth-order valence-electron chi connectivity index (χ4n) is 2.19. The van der Waals surface area contributed by atoms with Crippen LogP contribution in [0, 0.1) is 5.92 Å². The quantitative estimate of drug-likeness (QED) is 0.773. The predicted molar refractivity (Wildman–Crippen MR) is 98.8 cm³/mol. The van der Waals surface area contributed by atoms with Gasteiger partial charge in [-0.05, 0) is 36.6 Å². The minimum Gasteiger partial charge on any atom is -0.483 e. The van der Waals surface area contributed by atoms with E-state index in [1.807, 2.05) is 30.3 Å². The average molecular weight is 340 g/mol. The summed E-state index contributed by atoms with van der Waals surface area (Å²) in [5.74, 6) is 0.444. The minimum absolute atomic E-state index is 0.117. The Balaban J connectivity index is 1.93. The van der Waals surface area contributed by atoms with Crippen molar-refractivity contribution in [3.63, 3.8) is 0 Å². The molecule has 0 bridgehead atoms. The number of rotatable bonds is 8. The van der Waals surface area contributed by atoms with Gasteiger partial charge in [-0.3, -0.25) is 9.59 Å². The molecule has 0 aliphatic carbocycles. The van der Waals surface area contributed by atoms with E-state index in [2.05, 4.69) is 24.5 Å². The highest BCUT2D eigenvalue weighted by atomic mass is 16.5. The molecule has 0 aromatic heterocycles. The summed E-state index contributed by atoms with van der Waals surface area (Å²) in [6, 6.07) is 16.1. The monoisotopic (exact) mass is 340 g/mol. The van der Waals surface area contributed by atoms with Crippen molar-refractivity contribution in [1.82, 2.24) is 5.32 Å². The first-order chi connectivity index (χ1) is 12.1. The Kier molecular flexibility index (Phi) is 7.01. The van der Waals surface area contributed by atoms with Gasteiger partial charge in [-0.15, -0.1) is 0 Å². The van der Waals surface area contributed by atoms with E-state index in [4.69, 9.17) is 4.74 Å². The van der Waals surface area contributed by atoms with Gasteiger partial charge in [0.2, 0.25) is 0 Å². The first-order valence-corrected chi connectivity index (χ1v) is 8.41. The summed E-state index contributed by atoms with van der Waals surface area (Å²) in [5.41, 5.74) is 1.09. The largest absolute Gasteiger partial charge is 0.483 e. The molecule has 5 heteroatoms. The van der Waals surface area contributed by atoms with E-state index in [0.29, 0.717) is 29.5 Å². The highest BCUT2D eigenvalue weighted by Gasteiger charge is 2.13. The maximum atomic E-state index is 12.4. The summed E-state index contributed by atoms with van der Waals surface area (Å²) in [4.78, 5) is 24.3. The van der Waals surface area contributed by atoms with Crippen LogP contribution in [0.5, 0.6) is 5.75 Å². The number of hydrogen-bond donors (Lipinski definition) is 2. The second kappa shape index (κ2) is 9.47. The molecule has 25 heavy (non-hydrogen) atoms. The zero-order valence-corrected chi connectivity index (χ0v) is 14.6. The van der Waals surface area contributed by atoms with E-state index in [-0.39, 0.29) is 18.4 Å². The molecular weight excluding hydrogens is 316 g/mol. The van der Waals surface area contributed by atoms with Gasteiger partial charge in [-0.25, -0.2) is 0 Å². The van der Waals surface area contributed by atoms with E-state index in [1.165, 1.54) is 0 Å². The molecule has 0 aliphatic heterocycles. The van der Waals surface area contributed by atoms with Gasteiger partial charge in [-0.2, -0.15) is 0 Å². The van der Waals surface area contributed by atoms with Crippen molar-refractivity contribution in [2.24, 2.45) is 5.92 Å². The molecule has 132 valence electrons. The van der Waals surface area contributed by atoms with Crippen LogP contribution < -0.4 is 15.4 Å². The van der Waals surface area contributed by atoms with E-state index in [9.17, 15) is 9.59 Å². The van der Waals surface area contributed by atoms with Crippen molar-refractivity contribution in [2.75, 3.05) is 18.5 Å². The first-order valence-electron chi connectivity index (χ1n) is 8.41. The third-order valence-corrected chi connectivity index (χ3v) is 3.57. The van der Waals surface area contributed by atoms with Crippen LogP contribution in [0.15, 0.2) is 54.6 Å². The lowest BCUT2D eigenvalue weighted by atomic mass is 10.1. The van der Waals surface area contributed by atoms with E-state index in [0.717, 1.165) is 6.42 Å². The van der Waals surface area contributed by atoms with Crippen LogP contribution in [0.2, 0.25) is 0 Å².